The van der Waals surface area contributed by atoms with Crippen LogP contribution in [0.2, 0.25) is 10.0 Å². The maximum Gasteiger partial charge on any atom is 0.334 e. The number of hydrogen-bond donors (Lipinski definition) is 2. The molecule has 2 unspecified atom stereocenters. The number of nitrogens with zero attached hydrogens (tertiary/aromatic N) is 1. The van der Waals surface area contributed by atoms with Crippen molar-refractivity contribution in [1.82, 2.24) is 0 Å². The van der Waals surface area contributed by atoms with Gasteiger partial charge in [-0.05, 0) is 31.5 Å². The first-order valence-corrected chi connectivity index (χ1v) is 7.16. The number of aliphatic imine (C=N–C) groups is 1. The number of carbonyl (C=O) groups is 2. The van der Waals surface area contributed by atoms with Gasteiger partial charge in [0.25, 0.3) is 0 Å². The van der Waals surface area contributed by atoms with Crippen LogP contribution in [0, 0.1) is 5.92 Å². The Morgan fingerprint density at radius 3 is 2.32 bits per heavy atom. The van der Waals surface area contributed by atoms with Crippen molar-refractivity contribution in [2.75, 3.05) is 0 Å². The molecule has 2 N–H and O–H groups in total. The highest BCUT2D eigenvalue weighted by Crippen LogP contribution is 2.42. The molecule has 0 aliphatic carbocycles. The van der Waals surface area contributed by atoms with E-state index in [9.17, 15) is 19.8 Å². The molecular formula is C15H13Cl2NO4. The standard InChI is InChI=1S/C15H13Cl2NO4/c1-6-11(14(19)20)13(12(15(21)22)7(2)18-6)9-4-3-8(16)5-10(9)17/h3-5,11,13H,1-2H3,(H,19,20)(H,21,22). The van der Waals surface area contributed by atoms with Crippen molar-refractivity contribution in [1.29, 1.82) is 0 Å². The number of hydrogen-bond acceptors (Lipinski definition) is 3. The van der Waals surface area contributed by atoms with E-state index in [1.807, 2.05) is 0 Å². The summed E-state index contributed by atoms with van der Waals surface area (Å²) in [4.78, 5) is 27.3. The van der Waals surface area contributed by atoms with Crippen molar-refractivity contribution in [3.63, 3.8) is 0 Å². The van der Waals surface area contributed by atoms with Crippen molar-refractivity contribution >= 4 is 40.9 Å². The summed E-state index contributed by atoms with van der Waals surface area (Å²) in [7, 11) is 0. The molecule has 0 radical (unpaired) electrons. The fourth-order valence-electron chi connectivity index (χ4n) is 2.73. The van der Waals surface area contributed by atoms with Gasteiger partial charge in [0.1, 0.15) is 5.92 Å². The summed E-state index contributed by atoms with van der Waals surface area (Å²) in [5.74, 6) is -4.37. The van der Waals surface area contributed by atoms with E-state index in [1.54, 1.807) is 26.0 Å². The average Bonchev–Trinajstić information content (AvgIpc) is 2.36. The normalized spacial score (nSPS) is 21.5. The summed E-state index contributed by atoms with van der Waals surface area (Å²) in [6.07, 6.45) is 0. The summed E-state index contributed by atoms with van der Waals surface area (Å²) in [5.41, 5.74) is 0.955. The van der Waals surface area contributed by atoms with Crippen molar-refractivity contribution in [3.05, 3.63) is 45.1 Å². The quantitative estimate of drug-likeness (QED) is 0.878. The van der Waals surface area contributed by atoms with Crippen LogP contribution in [-0.2, 0) is 9.59 Å². The smallest absolute Gasteiger partial charge is 0.334 e. The number of halogens is 2. The van der Waals surface area contributed by atoms with Crippen LogP contribution in [-0.4, -0.2) is 27.9 Å². The van der Waals surface area contributed by atoms with Gasteiger partial charge in [-0.15, -0.1) is 0 Å². The molecule has 0 bridgehead atoms. The lowest BCUT2D eigenvalue weighted by atomic mass is 9.75. The third kappa shape index (κ3) is 2.87. The molecule has 0 fully saturated rings. The summed E-state index contributed by atoms with van der Waals surface area (Å²) in [5, 5.41) is 19.6. The molecule has 0 saturated heterocycles. The molecule has 1 heterocycles. The van der Waals surface area contributed by atoms with E-state index in [0.29, 0.717) is 16.3 Å². The zero-order chi connectivity index (χ0) is 16.6. The fourth-order valence-corrected chi connectivity index (χ4v) is 3.25. The molecule has 22 heavy (non-hydrogen) atoms. The first-order chi connectivity index (χ1) is 10.2. The fraction of sp³-hybridized carbons (Fsp3) is 0.267. The largest absolute Gasteiger partial charge is 0.481 e. The second-order valence-corrected chi connectivity index (χ2v) is 5.86. The number of benzene rings is 1. The minimum absolute atomic E-state index is 0.0674. The molecule has 1 aliphatic rings. The molecule has 2 atom stereocenters. The monoisotopic (exact) mass is 341 g/mol. The van der Waals surface area contributed by atoms with E-state index in [0.717, 1.165) is 0 Å². The predicted octanol–water partition coefficient (Wildman–Crippen LogP) is 3.61. The Hall–Kier alpha value is -1.85. The van der Waals surface area contributed by atoms with E-state index in [4.69, 9.17) is 23.2 Å². The van der Waals surface area contributed by atoms with Crippen LogP contribution in [0.15, 0.2) is 34.5 Å². The summed E-state index contributed by atoms with van der Waals surface area (Å²) < 4.78 is 0. The summed E-state index contributed by atoms with van der Waals surface area (Å²) in [6, 6.07) is 4.57. The van der Waals surface area contributed by atoms with Crippen LogP contribution in [0.4, 0.5) is 0 Å². The lowest BCUT2D eigenvalue weighted by molar-refractivity contribution is -0.140. The van der Waals surface area contributed by atoms with Gasteiger partial charge in [0.2, 0.25) is 0 Å². The van der Waals surface area contributed by atoms with Crippen molar-refractivity contribution in [2.24, 2.45) is 10.9 Å². The van der Waals surface area contributed by atoms with Gasteiger partial charge >= 0.3 is 11.9 Å². The molecule has 0 amide bonds. The molecular weight excluding hydrogens is 329 g/mol. The Kier molecular flexibility index (Phi) is 4.58. The molecule has 7 heteroatoms. The lowest BCUT2D eigenvalue weighted by Gasteiger charge is -2.30. The van der Waals surface area contributed by atoms with E-state index in [-0.39, 0.29) is 16.3 Å². The van der Waals surface area contributed by atoms with Crippen molar-refractivity contribution < 1.29 is 19.8 Å². The Morgan fingerprint density at radius 2 is 1.82 bits per heavy atom. The van der Waals surface area contributed by atoms with E-state index >= 15 is 0 Å². The number of carboxylic acids is 2. The molecule has 1 aromatic rings. The van der Waals surface area contributed by atoms with Gasteiger partial charge in [-0.1, -0.05) is 29.3 Å². The third-order valence-corrected chi connectivity index (χ3v) is 4.18. The van der Waals surface area contributed by atoms with Crippen LogP contribution < -0.4 is 0 Å². The zero-order valence-electron chi connectivity index (χ0n) is 11.8. The van der Waals surface area contributed by atoms with E-state index in [2.05, 4.69) is 4.99 Å². The van der Waals surface area contributed by atoms with Gasteiger partial charge in [-0.3, -0.25) is 9.79 Å². The summed E-state index contributed by atoms with van der Waals surface area (Å²) >= 11 is 12.0. The van der Waals surface area contributed by atoms with Crippen LogP contribution in [0.5, 0.6) is 0 Å². The zero-order valence-corrected chi connectivity index (χ0v) is 13.3. The van der Waals surface area contributed by atoms with Gasteiger partial charge in [-0.2, -0.15) is 0 Å². The molecule has 0 saturated carbocycles. The Balaban J connectivity index is 2.72. The number of rotatable bonds is 3. The Bertz CT molecular complexity index is 724. The van der Waals surface area contributed by atoms with Gasteiger partial charge < -0.3 is 10.2 Å². The highest BCUT2D eigenvalue weighted by molar-refractivity contribution is 6.35. The minimum Gasteiger partial charge on any atom is -0.481 e. The molecule has 5 nitrogen and oxygen atoms in total. The van der Waals surface area contributed by atoms with Crippen molar-refractivity contribution in [2.45, 2.75) is 19.8 Å². The first-order valence-electron chi connectivity index (χ1n) is 6.41. The SMILES string of the molecule is CC1=NC(C)=C(C(=O)O)C(c2ccc(Cl)cc2Cl)C1C(=O)O. The molecule has 2 rings (SSSR count). The highest BCUT2D eigenvalue weighted by Gasteiger charge is 2.41. The Morgan fingerprint density at radius 1 is 1.18 bits per heavy atom. The topological polar surface area (TPSA) is 87.0 Å². The van der Waals surface area contributed by atoms with E-state index in [1.165, 1.54) is 6.07 Å². The van der Waals surface area contributed by atoms with E-state index < -0.39 is 23.8 Å². The second kappa shape index (κ2) is 6.10. The molecule has 116 valence electrons. The maximum atomic E-state index is 11.6. The summed E-state index contributed by atoms with van der Waals surface area (Å²) in [6.45, 7) is 3.11. The van der Waals surface area contributed by atoms with Gasteiger partial charge in [0, 0.05) is 27.4 Å². The molecule has 1 aromatic carbocycles. The van der Waals surface area contributed by atoms with Gasteiger partial charge in [-0.25, -0.2) is 4.79 Å². The minimum atomic E-state index is -1.21. The van der Waals surface area contributed by atoms with Crippen LogP contribution in [0.25, 0.3) is 0 Å². The van der Waals surface area contributed by atoms with Crippen LogP contribution >= 0.6 is 23.2 Å². The molecule has 1 aliphatic heterocycles. The number of carboxylic acid groups (broad SMARTS) is 2. The molecule has 0 spiro atoms. The maximum absolute atomic E-state index is 11.6. The lowest BCUT2D eigenvalue weighted by Crippen LogP contribution is -2.35. The highest BCUT2D eigenvalue weighted by atomic mass is 35.5. The van der Waals surface area contributed by atoms with Crippen molar-refractivity contribution in [3.8, 4) is 0 Å². The third-order valence-electron chi connectivity index (χ3n) is 3.62. The predicted molar refractivity (Wildman–Crippen MR) is 83.8 cm³/mol. The van der Waals surface area contributed by atoms with Crippen LogP contribution in [0.3, 0.4) is 0 Å². The first kappa shape index (κ1) is 16.5. The average molecular weight is 342 g/mol. The Labute approximate surface area is 136 Å². The number of aliphatic carboxylic acids is 2. The van der Waals surface area contributed by atoms with Gasteiger partial charge in [0.05, 0.1) is 5.57 Å². The molecule has 0 aromatic heterocycles. The second-order valence-electron chi connectivity index (χ2n) is 5.02. The van der Waals surface area contributed by atoms with Gasteiger partial charge in [0.15, 0.2) is 0 Å². The van der Waals surface area contributed by atoms with Crippen LogP contribution in [0.1, 0.15) is 25.3 Å². The number of allylic oxidation sites excluding steroid dienone is 1.